The normalized spacial score (nSPS) is 15.0. The highest BCUT2D eigenvalue weighted by Crippen LogP contribution is 2.31. The molecule has 3 rings (SSSR count). The molecule has 27 heavy (non-hydrogen) atoms. The number of piperazine rings is 1. The molecule has 0 saturated carbocycles. The SMILES string of the molecule is CCCN1CCN(c2ccc(Nc3ncc([N+](=O)[O-])c(N)n3)cc2Cl)CC1. The van der Waals surface area contributed by atoms with E-state index < -0.39 is 4.92 Å². The van der Waals surface area contributed by atoms with Gasteiger partial charge in [-0.15, -0.1) is 0 Å². The number of nitrogens with zero attached hydrogens (tertiary/aromatic N) is 5. The molecule has 2 aromatic rings. The summed E-state index contributed by atoms with van der Waals surface area (Å²) < 4.78 is 0. The van der Waals surface area contributed by atoms with Crippen LogP contribution < -0.4 is 16.0 Å². The average molecular weight is 392 g/mol. The summed E-state index contributed by atoms with van der Waals surface area (Å²) in [4.78, 5) is 22.7. The number of halogens is 1. The first-order valence-electron chi connectivity index (χ1n) is 8.78. The number of nitrogens with two attached hydrogens (primary N) is 1. The van der Waals surface area contributed by atoms with Crippen molar-refractivity contribution in [1.82, 2.24) is 14.9 Å². The maximum absolute atomic E-state index is 10.8. The summed E-state index contributed by atoms with van der Waals surface area (Å²) in [6, 6.07) is 5.62. The molecule has 1 saturated heterocycles. The van der Waals surface area contributed by atoms with Gasteiger partial charge in [0.15, 0.2) is 0 Å². The molecule has 10 heteroatoms. The van der Waals surface area contributed by atoms with Crippen molar-refractivity contribution in [2.75, 3.05) is 48.7 Å². The Kier molecular flexibility index (Phi) is 5.92. The third-order valence-corrected chi connectivity index (χ3v) is 4.75. The molecule has 1 aliphatic rings. The Morgan fingerprint density at radius 3 is 2.67 bits per heavy atom. The summed E-state index contributed by atoms with van der Waals surface area (Å²) in [6.07, 6.45) is 2.24. The number of benzene rings is 1. The van der Waals surface area contributed by atoms with E-state index in [-0.39, 0.29) is 17.5 Å². The van der Waals surface area contributed by atoms with Crippen molar-refractivity contribution in [3.63, 3.8) is 0 Å². The molecule has 1 aromatic carbocycles. The Bertz CT molecular complexity index is 825. The third kappa shape index (κ3) is 4.55. The maximum atomic E-state index is 10.8. The summed E-state index contributed by atoms with van der Waals surface area (Å²) in [5.74, 6) is -0.0136. The van der Waals surface area contributed by atoms with Gasteiger partial charge < -0.3 is 16.0 Å². The lowest BCUT2D eigenvalue weighted by Gasteiger charge is -2.36. The molecule has 144 valence electrons. The molecule has 1 aromatic heterocycles. The standard InChI is InChI=1S/C17H22ClN7O2/c1-2-5-23-6-8-24(9-7-23)14-4-3-12(10-13(14)18)21-17-20-11-15(25(26)27)16(19)22-17/h3-4,10-11H,2,5-9H2,1H3,(H3,19,20,21,22). The lowest BCUT2D eigenvalue weighted by Crippen LogP contribution is -2.46. The zero-order chi connectivity index (χ0) is 19.4. The molecule has 0 bridgehead atoms. The van der Waals surface area contributed by atoms with Gasteiger partial charge in [-0.25, -0.2) is 4.98 Å². The van der Waals surface area contributed by atoms with E-state index >= 15 is 0 Å². The summed E-state index contributed by atoms with van der Waals surface area (Å²) in [5.41, 5.74) is 6.94. The minimum Gasteiger partial charge on any atom is -0.378 e. The molecule has 1 aliphatic heterocycles. The second-order valence-electron chi connectivity index (χ2n) is 6.34. The lowest BCUT2D eigenvalue weighted by atomic mass is 10.2. The van der Waals surface area contributed by atoms with Gasteiger partial charge in [0.25, 0.3) is 0 Å². The Morgan fingerprint density at radius 2 is 2.07 bits per heavy atom. The van der Waals surface area contributed by atoms with Crippen LogP contribution in [0.4, 0.5) is 28.8 Å². The van der Waals surface area contributed by atoms with Crippen molar-refractivity contribution in [1.29, 1.82) is 0 Å². The zero-order valence-electron chi connectivity index (χ0n) is 15.1. The first-order chi connectivity index (χ1) is 13.0. The molecule has 0 amide bonds. The lowest BCUT2D eigenvalue weighted by molar-refractivity contribution is -0.384. The first kappa shape index (κ1) is 19.1. The quantitative estimate of drug-likeness (QED) is 0.570. The number of hydrogen-bond donors (Lipinski definition) is 2. The summed E-state index contributed by atoms with van der Waals surface area (Å²) in [7, 11) is 0. The molecule has 3 N–H and O–H groups in total. The Hall–Kier alpha value is -2.65. The van der Waals surface area contributed by atoms with Gasteiger partial charge in [-0.05, 0) is 31.2 Å². The second-order valence-corrected chi connectivity index (χ2v) is 6.75. The molecular weight excluding hydrogens is 370 g/mol. The van der Waals surface area contributed by atoms with Gasteiger partial charge in [-0.2, -0.15) is 4.98 Å². The molecule has 2 heterocycles. The smallest absolute Gasteiger partial charge is 0.329 e. The van der Waals surface area contributed by atoms with Crippen molar-refractivity contribution in [3.05, 3.63) is 39.5 Å². The zero-order valence-corrected chi connectivity index (χ0v) is 15.8. The largest absolute Gasteiger partial charge is 0.378 e. The van der Waals surface area contributed by atoms with Gasteiger partial charge in [0.2, 0.25) is 11.8 Å². The van der Waals surface area contributed by atoms with Crippen LogP contribution in [0.3, 0.4) is 0 Å². The third-order valence-electron chi connectivity index (χ3n) is 4.45. The average Bonchev–Trinajstić information content (AvgIpc) is 2.63. The van der Waals surface area contributed by atoms with Gasteiger partial charge in [-0.3, -0.25) is 15.0 Å². The fraction of sp³-hybridized carbons (Fsp3) is 0.412. The molecule has 0 radical (unpaired) electrons. The highest BCUT2D eigenvalue weighted by atomic mass is 35.5. The molecule has 0 spiro atoms. The van der Waals surface area contributed by atoms with Crippen molar-refractivity contribution < 1.29 is 4.92 Å². The molecule has 0 atom stereocenters. The molecule has 1 fully saturated rings. The van der Waals surface area contributed by atoms with Crippen LogP contribution in [-0.4, -0.2) is 52.5 Å². The van der Waals surface area contributed by atoms with Crippen LogP contribution in [0.1, 0.15) is 13.3 Å². The first-order valence-corrected chi connectivity index (χ1v) is 9.16. The Labute approximate surface area is 162 Å². The van der Waals surface area contributed by atoms with Gasteiger partial charge in [0.05, 0.1) is 15.6 Å². The van der Waals surface area contributed by atoms with Gasteiger partial charge >= 0.3 is 5.69 Å². The van der Waals surface area contributed by atoms with Crippen molar-refractivity contribution in [2.45, 2.75) is 13.3 Å². The number of nitrogens with one attached hydrogen (secondary N) is 1. The van der Waals surface area contributed by atoms with E-state index in [0.29, 0.717) is 10.7 Å². The monoisotopic (exact) mass is 391 g/mol. The number of hydrogen-bond acceptors (Lipinski definition) is 8. The van der Waals surface area contributed by atoms with E-state index in [1.165, 1.54) is 0 Å². The van der Waals surface area contributed by atoms with Gasteiger partial charge in [0, 0.05) is 31.9 Å². The predicted molar refractivity (Wildman–Crippen MR) is 107 cm³/mol. The van der Waals surface area contributed by atoms with Crippen molar-refractivity contribution in [2.24, 2.45) is 0 Å². The van der Waals surface area contributed by atoms with Crippen LogP contribution >= 0.6 is 11.6 Å². The molecular formula is C17H22ClN7O2. The van der Waals surface area contributed by atoms with Crippen LogP contribution in [-0.2, 0) is 0 Å². The van der Waals surface area contributed by atoms with Crippen molar-refractivity contribution >= 4 is 40.4 Å². The minimum absolute atomic E-state index is 0.176. The van der Waals surface area contributed by atoms with Crippen LogP contribution in [0.15, 0.2) is 24.4 Å². The highest BCUT2D eigenvalue weighted by Gasteiger charge is 2.19. The summed E-state index contributed by atoms with van der Waals surface area (Å²) >= 11 is 6.47. The fourth-order valence-corrected chi connectivity index (χ4v) is 3.39. The predicted octanol–water partition coefficient (Wildman–Crippen LogP) is 2.90. The maximum Gasteiger partial charge on any atom is 0.329 e. The van der Waals surface area contributed by atoms with Crippen LogP contribution in [0, 0.1) is 10.1 Å². The van der Waals surface area contributed by atoms with E-state index in [4.69, 9.17) is 17.3 Å². The Morgan fingerprint density at radius 1 is 1.33 bits per heavy atom. The number of rotatable bonds is 6. The van der Waals surface area contributed by atoms with Gasteiger partial charge in [-0.1, -0.05) is 18.5 Å². The van der Waals surface area contributed by atoms with E-state index in [2.05, 4.69) is 32.0 Å². The Balaban J connectivity index is 1.68. The van der Waals surface area contributed by atoms with Gasteiger partial charge in [0.1, 0.15) is 6.20 Å². The number of anilines is 4. The van der Waals surface area contributed by atoms with E-state index in [1.54, 1.807) is 6.07 Å². The molecule has 0 unspecified atom stereocenters. The second kappa shape index (κ2) is 8.36. The molecule has 9 nitrogen and oxygen atoms in total. The van der Waals surface area contributed by atoms with E-state index in [1.807, 2.05) is 12.1 Å². The number of nitro groups is 1. The fourth-order valence-electron chi connectivity index (χ4n) is 3.09. The van der Waals surface area contributed by atoms with E-state index in [0.717, 1.165) is 51.0 Å². The topological polar surface area (TPSA) is 113 Å². The minimum atomic E-state index is -0.620. The van der Waals surface area contributed by atoms with Crippen LogP contribution in [0.25, 0.3) is 0 Å². The van der Waals surface area contributed by atoms with Crippen LogP contribution in [0.2, 0.25) is 5.02 Å². The van der Waals surface area contributed by atoms with Crippen LogP contribution in [0.5, 0.6) is 0 Å². The highest BCUT2D eigenvalue weighted by molar-refractivity contribution is 6.33. The summed E-state index contributed by atoms with van der Waals surface area (Å²) in [6.45, 7) is 7.25. The number of aromatic nitrogens is 2. The molecule has 0 aliphatic carbocycles. The number of nitrogen functional groups attached to an aromatic ring is 1. The van der Waals surface area contributed by atoms with E-state index in [9.17, 15) is 10.1 Å². The van der Waals surface area contributed by atoms with Crippen molar-refractivity contribution in [3.8, 4) is 0 Å². The summed E-state index contributed by atoms with van der Waals surface area (Å²) in [5, 5.41) is 14.4.